The lowest BCUT2D eigenvalue weighted by Crippen LogP contribution is -1.98. The van der Waals surface area contributed by atoms with E-state index in [0.717, 1.165) is 0 Å². The Morgan fingerprint density at radius 2 is 2.05 bits per heavy atom. The summed E-state index contributed by atoms with van der Waals surface area (Å²) in [5.74, 6) is 1.10. The monoisotopic (exact) mass is 402 g/mol. The molecular formula is C11H8Br2N4O3. The van der Waals surface area contributed by atoms with Crippen LogP contribution in [0.5, 0.6) is 11.6 Å². The number of nitrogens with zero attached hydrogens (tertiary/aromatic N) is 3. The zero-order chi connectivity index (χ0) is 14.7. The van der Waals surface area contributed by atoms with Gasteiger partial charge >= 0.3 is 0 Å². The molecule has 0 radical (unpaired) electrons. The molecule has 0 spiro atoms. The molecule has 0 saturated carbocycles. The van der Waals surface area contributed by atoms with Gasteiger partial charge in [-0.05, 0) is 37.9 Å². The van der Waals surface area contributed by atoms with Gasteiger partial charge in [0.2, 0.25) is 5.88 Å². The largest absolute Gasteiger partial charge is 0.436 e. The molecule has 2 rings (SSSR count). The number of halogens is 2. The maximum Gasteiger partial charge on any atom is 0.287 e. The molecular weight excluding hydrogens is 396 g/mol. The highest BCUT2D eigenvalue weighted by Gasteiger charge is 2.18. The molecule has 0 aliphatic heterocycles. The van der Waals surface area contributed by atoms with Crippen LogP contribution >= 0.6 is 31.9 Å². The molecule has 0 saturated heterocycles. The number of aromatic nitrogens is 2. The first-order valence-corrected chi connectivity index (χ1v) is 6.92. The van der Waals surface area contributed by atoms with Crippen molar-refractivity contribution in [3.63, 3.8) is 0 Å². The van der Waals surface area contributed by atoms with E-state index in [1.54, 1.807) is 13.1 Å². The first-order valence-electron chi connectivity index (χ1n) is 5.33. The van der Waals surface area contributed by atoms with E-state index in [1.165, 1.54) is 18.5 Å². The van der Waals surface area contributed by atoms with Crippen LogP contribution in [-0.2, 0) is 0 Å². The average Bonchev–Trinajstić information content (AvgIpc) is 2.43. The first kappa shape index (κ1) is 14.7. The molecule has 9 heteroatoms. The molecule has 1 heterocycles. The molecule has 0 fully saturated rings. The van der Waals surface area contributed by atoms with Crippen LogP contribution in [0.3, 0.4) is 0 Å². The molecule has 0 atom stereocenters. The van der Waals surface area contributed by atoms with E-state index in [-0.39, 0.29) is 16.0 Å². The number of rotatable bonds is 4. The Kier molecular flexibility index (Phi) is 4.50. The first-order chi connectivity index (χ1) is 9.54. The number of hydrogen-bond acceptors (Lipinski definition) is 6. The fourth-order valence-corrected chi connectivity index (χ4v) is 2.40. The second kappa shape index (κ2) is 6.14. The van der Waals surface area contributed by atoms with Crippen LogP contribution in [0.2, 0.25) is 0 Å². The summed E-state index contributed by atoms with van der Waals surface area (Å²) < 4.78 is 6.36. The minimum atomic E-state index is -0.495. The van der Waals surface area contributed by atoms with Crippen LogP contribution in [0.25, 0.3) is 0 Å². The van der Waals surface area contributed by atoms with Crippen LogP contribution in [-0.4, -0.2) is 21.9 Å². The third kappa shape index (κ3) is 2.88. The standard InChI is InChI=1S/C11H8Br2N4O3/c1-14-10-9(13)11(16-5-15-10)20-7-4-2-3-6(8(7)12)17(18)19/h2-5H,1H3,(H,14,15,16). The van der Waals surface area contributed by atoms with Crippen LogP contribution in [0.15, 0.2) is 33.5 Å². The second-order valence-corrected chi connectivity index (χ2v) is 5.13. The number of nitro groups is 1. The number of hydrogen-bond donors (Lipinski definition) is 1. The lowest BCUT2D eigenvalue weighted by Gasteiger charge is -2.10. The molecule has 7 nitrogen and oxygen atoms in total. The van der Waals surface area contributed by atoms with E-state index < -0.39 is 4.92 Å². The van der Waals surface area contributed by atoms with Gasteiger partial charge in [0.05, 0.1) is 4.92 Å². The quantitative estimate of drug-likeness (QED) is 0.617. The summed E-state index contributed by atoms with van der Waals surface area (Å²) in [7, 11) is 1.71. The molecule has 0 amide bonds. The Morgan fingerprint density at radius 3 is 2.70 bits per heavy atom. The summed E-state index contributed by atoms with van der Waals surface area (Å²) in [6, 6.07) is 4.52. The van der Waals surface area contributed by atoms with E-state index in [4.69, 9.17) is 4.74 Å². The number of nitro benzene ring substituents is 1. The van der Waals surface area contributed by atoms with E-state index >= 15 is 0 Å². The number of ether oxygens (including phenoxy) is 1. The number of benzene rings is 1. The third-order valence-electron chi connectivity index (χ3n) is 2.34. The van der Waals surface area contributed by atoms with Crippen molar-refractivity contribution < 1.29 is 9.66 Å². The molecule has 20 heavy (non-hydrogen) atoms. The SMILES string of the molecule is CNc1ncnc(Oc2cccc([N+](=O)[O-])c2Br)c1Br. The Balaban J connectivity index is 2.41. The van der Waals surface area contributed by atoms with Gasteiger partial charge in [-0.3, -0.25) is 10.1 Å². The van der Waals surface area contributed by atoms with Gasteiger partial charge in [0.1, 0.15) is 21.1 Å². The van der Waals surface area contributed by atoms with Crippen molar-refractivity contribution in [2.24, 2.45) is 0 Å². The number of nitrogens with one attached hydrogen (secondary N) is 1. The van der Waals surface area contributed by atoms with Crippen molar-refractivity contribution >= 4 is 43.4 Å². The van der Waals surface area contributed by atoms with Gasteiger partial charge in [-0.25, -0.2) is 9.97 Å². The Labute approximate surface area is 130 Å². The molecule has 0 aliphatic carbocycles. The molecule has 104 valence electrons. The summed E-state index contributed by atoms with van der Waals surface area (Å²) in [6.07, 6.45) is 1.33. The van der Waals surface area contributed by atoms with Crippen LogP contribution < -0.4 is 10.1 Å². The molecule has 0 unspecified atom stereocenters. The minimum Gasteiger partial charge on any atom is -0.436 e. The van der Waals surface area contributed by atoms with Crippen molar-refractivity contribution in [1.82, 2.24) is 9.97 Å². The predicted molar refractivity (Wildman–Crippen MR) is 80.1 cm³/mol. The molecule has 0 aliphatic rings. The third-order valence-corrected chi connectivity index (χ3v) is 3.85. The summed E-state index contributed by atoms with van der Waals surface area (Å²) in [5.41, 5.74) is -0.0819. The Bertz CT molecular complexity index is 666. The Morgan fingerprint density at radius 1 is 1.30 bits per heavy atom. The maximum absolute atomic E-state index is 10.9. The molecule has 2 aromatic rings. The van der Waals surface area contributed by atoms with Crippen LogP contribution in [0, 0.1) is 10.1 Å². The molecule has 1 N–H and O–H groups in total. The minimum absolute atomic E-state index is 0.0819. The van der Waals surface area contributed by atoms with Gasteiger partial charge < -0.3 is 10.1 Å². The molecule has 1 aromatic heterocycles. The van der Waals surface area contributed by atoms with Crippen molar-refractivity contribution in [2.75, 3.05) is 12.4 Å². The topological polar surface area (TPSA) is 90.2 Å². The summed E-state index contributed by atoms with van der Waals surface area (Å²) >= 11 is 6.47. The van der Waals surface area contributed by atoms with E-state index in [0.29, 0.717) is 16.0 Å². The highest BCUT2D eigenvalue weighted by molar-refractivity contribution is 9.11. The average molecular weight is 404 g/mol. The smallest absolute Gasteiger partial charge is 0.287 e. The highest BCUT2D eigenvalue weighted by Crippen LogP contribution is 2.38. The van der Waals surface area contributed by atoms with Gasteiger partial charge in [-0.2, -0.15) is 0 Å². The van der Waals surface area contributed by atoms with Crippen molar-refractivity contribution in [1.29, 1.82) is 0 Å². The van der Waals surface area contributed by atoms with E-state index in [9.17, 15) is 10.1 Å². The summed E-state index contributed by atoms with van der Waals surface area (Å²) in [6.45, 7) is 0. The fourth-order valence-electron chi connectivity index (χ4n) is 1.42. The van der Waals surface area contributed by atoms with E-state index in [1.807, 2.05) is 0 Å². The predicted octanol–water partition coefficient (Wildman–Crippen LogP) is 3.74. The van der Waals surface area contributed by atoms with Crippen molar-refractivity contribution in [2.45, 2.75) is 0 Å². The van der Waals surface area contributed by atoms with Gasteiger partial charge in [-0.1, -0.05) is 6.07 Å². The number of anilines is 1. The lowest BCUT2D eigenvalue weighted by atomic mass is 10.3. The van der Waals surface area contributed by atoms with Crippen molar-refractivity contribution in [3.05, 3.63) is 43.6 Å². The normalized spacial score (nSPS) is 10.2. The second-order valence-electron chi connectivity index (χ2n) is 3.54. The van der Waals surface area contributed by atoms with Gasteiger partial charge in [0, 0.05) is 13.1 Å². The van der Waals surface area contributed by atoms with Gasteiger partial charge in [0.25, 0.3) is 5.69 Å². The van der Waals surface area contributed by atoms with Gasteiger partial charge in [0.15, 0.2) is 5.75 Å². The zero-order valence-electron chi connectivity index (χ0n) is 10.1. The molecule has 1 aromatic carbocycles. The van der Waals surface area contributed by atoms with E-state index in [2.05, 4.69) is 47.1 Å². The zero-order valence-corrected chi connectivity index (χ0v) is 13.3. The highest BCUT2D eigenvalue weighted by atomic mass is 79.9. The van der Waals surface area contributed by atoms with Crippen LogP contribution in [0.4, 0.5) is 11.5 Å². The molecule has 0 bridgehead atoms. The maximum atomic E-state index is 10.9. The van der Waals surface area contributed by atoms with Gasteiger partial charge in [-0.15, -0.1) is 0 Å². The Hall–Kier alpha value is -1.74. The fraction of sp³-hybridized carbons (Fsp3) is 0.0909. The summed E-state index contributed by atoms with van der Waals surface area (Å²) in [5, 5.41) is 13.7. The van der Waals surface area contributed by atoms with Crippen molar-refractivity contribution in [3.8, 4) is 11.6 Å². The lowest BCUT2D eigenvalue weighted by molar-refractivity contribution is -0.385. The summed E-state index contributed by atoms with van der Waals surface area (Å²) in [4.78, 5) is 18.4. The van der Waals surface area contributed by atoms with Crippen LogP contribution in [0.1, 0.15) is 0 Å².